The lowest BCUT2D eigenvalue weighted by Gasteiger charge is -2.10. The average molecular weight is 435 g/mol. The Morgan fingerprint density at radius 3 is 2.94 bits per heavy atom. The molecule has 5 rings (SSSR count). The van der Waals surface area contributed by atoms with Gasteiger partial charge < -0.3 is 9.15 Å². The molecule has 0 amide bonds. The molecule has 0 saturated heterocycles. The highest BCUT2D eigenvalue weighted by Gasteiger charge is 2.20. The Morgan fingerprint density at radius 1 is 1.29 bits per heavy atom. The van der Waals surface area contributed by atoms with Gasteiger partial charge in [-0.2, -0.15) is 5.10 Å². The molecule has 5 aromatic rings. The van der Waals surface area contributed by atoms with Gasteiger partial charge in [0.05, 0.1) is 29.1 Å². The minimum absolute atomic E-state index is 0.0513. The van der Waals surface area contributed by atoms with Crippen LogP contribution in [-0.4, -0.2) is 30.1 Å². The third-order valence-corrected chi connectivity index (χ3v) is 5.51. The number of pyridine rings is 1. The molecule has 31 heavy (non-hydrogen) atoms. The van der Waals surface area contributed by atoms with Crippen LogP contribution in [-0.2, 0) is 11.3 Å². The quantitative estimate of drug-likeness (QED) is 0.388. The first-order chi connectivity index (χ1) is 15.0. The van der Waals surface area contributed by atoms with Gasteiger partial charge in [0.2, 0.25) is 0 Å². The molecule has 0 N–H and O–H groups in total. The van der Waals surface area contributed by atoms with Crippen LogP contribution in [0.2, 0.25) is 0 Å². The summed E-state index contributed by atoms with van der Waals surface area (Å²) in [6, 6.07) is 6.56. The highest BCUT2D eigenvalue weighted by atomic mass is 32.1. The minimum atomic E-state index is -0.559. The molecule has 0 spiro atoms. The average Bonchev–Trinajstić information content (AvgIpc) is 3.51. The van der Waals surface area contributed by atoms with Gasteiger partial charge in [0.1, 0.15) is 12.3 Å². The summed E-state index contributed by atoms with van der Waals surface area (Å²) in [5, 5.41) is 6.73. The number of furan rings is 1. The van der Waals surface area contributed by atoms with Crippen molar-refractivity contribution in [2.24, 2.45) is 0 Å². The van der Waals surface area contributed by atoms with Crippen LogP contribution in [0.25, 0.3) is 27.4 Å². The Labute approximate surface area is 179 Å². The Bertz CT molecular complexity index is 1460. The summed E-state index contributed by atoms with van der Waals surface area (Å²) < 4.78 is 14.2. The fourth-order valence-corrected chi connectivity index (χ4v) is 4.03. The first-order valence-corrected chi connectivity index (χ1v) is 10.4. The van der Waals surface area contributed by atoms with Gasteiger partial charge >= 0.3 is 5.97 Å². The zero-order valence-electron chi connectivity index (χ0n) is 16.7. The van der Waals surface area contributed by atoms with Crippen LogP contribution in [0.15, 0.2) is 57.5 Å². The molecule has 0 aliphatic heterocycles. The first kappa shape index (κ1) is 19.2. The number of thiazole rings is 1. The zero-order chi connectivity index (χ0) is 21.5. The molecule has 0 radical (unpaired) electrons. The smallest absolute Gasteiger partial charge is 0.339 e. The van der Waals surface area contributed by atoms with Gasteiger partial charge in [0.25, 0.3) is 5.56 Å². The van der Waals surface area contributed by atoms with Gasteiger partial charge in [0, 0.05) is 23.7 Å². The molecule has 10 heteroatoms. The summed E-state index contributed by atoms with van der Waals surface area (Å²) in [5.41, 5.74) is 1.55. The maximum absolute atomic E-state index is 13.0. The second-order valence-electron chi connectivity index (χ2n) is 7.17. The van der Waals surface area contributed by atoms with Crippen molar-refractivity contribution in [1.82, 2.24) is 24.1 Å². The number of hydrogen-bond acceptors (Lipinski definition) is 8. The molecule has 0 fully saturated rings. The summed E-state index contributed by atoms with van der Waals surface area (Å²) in [6.07, 6.45) is 4.80. The van der Waals surface area contributed by atoms with Crippen molar-refractivity contribution in [3.8, 4) is 11.5 Å². The molecule has 0 atom stereocenters. The number of carbonyl (C=O) groups is 1. The third-order valence-electron chi connectivity index (χ3n) is 4.76. The number of fused-ring (bicyclic) bond motifs is 2. The highest BCUT2D eigenvalue weighted by molar-refractivity contribution is 7.15. The van der Waals surface area contributed by atoms with E-state index in [1.54, 1.807) is 46.9 Å². The second-order valence-corrected chi connectivity index (χ2v) is 8.04. The normalized spacial score (nSPS) is 11.6. The standard InChI is InChI=1S/C21H17N5O4S/c1-12(2)26-19-15(10-22-26)14(9-16(24-19)17-4-3-6-29-17)20(28)30-11-13-8-18(27)25-5-7-31-21(25)23-13/h3-10,12H,11H2,1-2H3. The largest absolute Gasteiger partial charge is 0.463 e. The van der Waals surface area contributed by atoms with Gasteiger partial charge in [-0.1, -0.05) is 0 Å². The van der Waals surface area contributed by atoms with E-state index in [2.05, 4.69) is 15.1 Å². The van der Waals surface area contributed by atoms with Crippen molar-refractivity contribution in [2.45, 2.75) is 26.5 Å². The van der Waals surface area contributed by atoms with Gasteiger partial charge in [-0.05, 0) is 32.0 Å². The van der Waals surface area contributed by atoms with E-state index in [4.69, 9.17) is 9.15 Å². The number of esters is 1. The topological polar surface area (TPSA) is 105 Å². The summed E-state index contributed by atoms with van der Waals surface area (Å²) in [4.78, 5) is 34.7. The SMILES string of the molecule is CC(C)n1ncc2c(C(=O)OCc3cc(=O)n4ccsc4n3)cc(-c3ccco3)nc21. The monoisotopic (exact) mass is 435 g/mol. The Hall–Kier alpha value is -3.79. The Kier molecular flexibility index (Phi) is 4.63. The summed E-state index contributed by atoms with van der Waals surface area (Å²) in [6.45, 7) is 3.84. The van der Waals surface area contributed by atoms with Crippen LogP contribution in [0.3, 0.4) is 0 Å². The molecular weight excluding hydrogens is 418 g/mol. The first-order valence-electron chi connectivity index (χ1n) is 9.56. The van der Waals surface area contributed by atoms with Crippen LogP contribution in [0.5, 0.6) is 0 Å². The van der Waals surface area contributed by atoms with Gasteiger partial charge in [-0.25, -0.2) is 19.4 Å². The van der Waals surface area contributed by atoms with Crippen LogP contribution in [0, 0.1) is 0 Å². The van der Waals surface area contributed by atoms with Crippen molar-refractivity contribution in [3.63, 3.8) is 0 Å². The van der Waals surface area contributed by atoms with Gasteiger partial charge in [0.15, 0.2) is 16.4 Å². The van der Waals surface area contributed by atoms with Gasteiger partial charge in [-0.3, -0.25) is 9.20 Å². The predicted molar refractivity (Wildman–Crippen MR) is 114 cm³/mol. The molecule has 156 valence electrons. The van der Waals surface area contributed by atoms with E-state index in [0.29, 0.717) is 38.7 Å². The lowest BCUT2D eigenvalue weighted by Crippen LogP contribution is -2.15. The molecular formula is C21H17N5O4S. The Morgan fingerprint density at radius 2 is 2.16 bits per heavy atom. The van der Waals surface area contributed by atoms with Crippen LogP contribution < -0.4 is 5.56 Å². The summed E-state index contributed by atoms with van der Waals surface area (Å²) >= 11 is 1.34. The van der Waals surface area contributed by atoms with E-state index in [1.165, 1.54) is 21.8 Å². The maximum atomic E-state index is 13.0. The summed E-state index contributed by atoms with van der Waals surface area (Å²) in [5.74, 6) is -0.0259. The fourth-order valence-electron chi connectivity index (χ4n) is 3.29. The van der Waals surface area contributed by atoms with E-state index < -0.39 is 5.97 Å². The molecule has 5 aromatic heterocycles. The number of nitrogens with zero attached hydrogens (tertiary/aromatic N) is 5. The number of hydrogen-bond donors (Lipinski definition) is 0. The van der Waals surface area contributed by atoms with E-state index in [9.17, 15) is 9.59 Å². The van der Waals surface area contributed by atoms with Crippen molar-refractivity contribution < 1.29 is 13.9 Å². The van der Waals surface area contributed by atoms with Crippen LogP contribution in [0.1, 0.15) is 35.9 Å². The van der Waals surface area contributed by atoms with Crippen LogP contribution >= 0.6 is 11.3 Å². The molecule has 5 heterocycles. The number of carbonyl (C=O) groups excluding carboxylic acids is 1. The highest BCUT2D eigenvalue weighted by Crippen LogP contribution is 2.27. The van der Waals surface area contributed by atoms with Crippen LogP contribution in [0.4, 0.5) is 0 Å². The minimum Gasteiger partial charge on any atom is -0.463 e. The predicted octanol–water partition coefficient (Wildman–Crippen LogP) is 3.70. The molecule has 0 bridgehead atoms. The van der Waals surface area contributed by atoms with Crippen molar-refractivity contribution in [1.29, 1.82) is 0 Å². The number of ether oxygens (including phenoxy) is 1. The number of aromatic nitrogens is 5. The van der Waals surface area contributed by atoms with Crippen molar-refractivity contribution in [2.75, 3.05) is 0 Å². The third kappa shape index (κ3) is 3.40. The molecule has 0 unspecified atom stereocenters. The maximum Gasteiger partial charge on any atom is 0.339 e. The lowest BCUT2D eigenvalue weighted by atomic mass is 10.1. The van der Waals surface area contributed by atoms with E-state index in [0.717, 1.165) is 0 Å². The molecule has 0 aliphatic rings. The summed E-state index contributed by atoms with van der Waals surface area (Å²) in [7, 11) is 0. The molecule has 0 aromatic carbocycles. The van der Waals surface area contributed by atoms with E-state index in [-0.39, 0.29) is 18.2 Å². The Balaban J connectivity index is 1.51. The fraction of sp³-hybridized carbons (Fsp3) is 0.190. The molecule has 0 saturated carbocycles. The molecule has 9 nitrogen and oxygen atoms in total. The van der Waals surface area contributed by atoms with E-state index in [1.807, 2.05) is 13.8 Å². The van der Waals surface area contributed by atoms with E-state index >= 15 is 0 Å². The molecule has 0 aliphatic carbocycles. The van der Waals surface area contributed by atoms with Crippen molar-refractivity contribution >= 4 is 33.3 Å². The van der Waals surface area contributed by atoms with Gasteiger partial charge in [-0.15, -0.1) is 11.3 Å². The number of rotatable bonds is 5. The lowest BCUT2D eigenvalue weighted by molar-refractivity contribution is 0.0470. The zero-order valence-corrected chi connectivity index (χ0v) is 17.5. The van der Waals surface area contributed by atoms with Crippen molar-refractivity contribution in [3.05, 3.63) is 69.9 Å². The second kappa shape index (κ2) is 7.47.